The van der Waals surface area contributed by atoms with Crippen molar-refractivity contribution in [1.29, 1.82) is 0 Å². The predicted octanol–water partition coefficient (Wildman–Crippen LogP) is 1.17. The molecular weight excluding hydrogens is 890 g/mol. The smallest absolute Gasteiger partial charge is 0.340 e. The van der Waals surface area contributed by atoms with E-state index in [1.807, 2.05) is 0 Å². The first kappa shape index (κ1) is 50.4. The summed E-state index contributed by atoms with van der Waals surface area (Å²) < 4.78 is 60.5. The molecule has 6 rings (SSSR count). The Labute approximate surface area is 384 Å². The van der Waals surface area contributed by atoms with E-state index in [2.05, 4.69) is 4.98 Å². The van der Waals surface area contributed by atoms with Crippen LogP contribution in [0, 0.1) is 29.1 Å². The van der Waals surface area contributed by atoms with Crippen molar-refractivity contribution >= 4 is 59.5 Å². The monoisotopic (exact) mass is 945 g/mol. The first-order valence-electron chi connectivity index (χ1n) is 21.7. The first-order chi connectivity index (χ1) is 31.3. The molecule has 67 heavy (non-hydrogen) atoms. The summed E-state index contributed by atoms with van der Waals surface area (Å²) in [6.45, 7) is 8.31. The van der Waals surface area contributed by atoms with E-state index in [1.165, 1.54) is 39.1 Å². The van der Waals surface area contributed by atoms with Crippen molar-refractivity contribution in [2.75, 3.05) is 20.3 Å². The van der Waals surface area contributed by atoms with E-state index < -0.39 is 174 Å². The zero-order chi connectivity index (χ0) is 49.7. The number of fused-ring (bicyclic) bond motifs is 7. The molecule has 3 aliphatic heterocycles. The highest BCUT2D eigenvalue weighted by molar-refractivity contribution is 6.01. The normalized spacial score (nSPS) is 38.6. The van der Waals surface area contributed by atoms with Crippen LogP contribution >= 0.6 is 0 Å². The average Bonchev–Trinajstić information content (AvgIpc) is 3.47. The molecule has 0 amide bonds. The van der Waals surface area contributed by atoms with Gasteiger partial charge in [0.1, 0.15) is 53.7 Å². The number of Topliss-reactive ketones (excluding diaryl/α,β-unsaturated/α-hetero) is 1. The standard InChI is InChI=1S/C45H55NO21/c1-19-13-14-28(51)27(16-29(52)58-10)41(56)60-18-44-36(63-24(6)49)32(65-38(19)53)30-34(62-23(5)48)45(44)43(9,57)35(33(61-22(4)47)37(44)64-25(7)50)66-39(54)21(3)20(2)31-26(12-11-15-46-31)40(55)59-17-42(30,8)67-45/h11-12,15,19-21,27,30,32-37,57H,13-14,16-18H2,1-10H3/t19?,20?,21?,27?,30-,32-,33+,34-,35+,36-,37+,42+,43-,44-,45+/m1/s1. The number of aromatic nitrogens is 1. The van der Waals surface area contributed by atoms with Gasteiger partial charge in [0.15, 0.2) is 30.0 Å². The number of hydrogen-bond donors (Lipinski definition) is 1. The Balaban J connectivity index is 1.81. The zero-order valence-corrected chi connectivity index (χ0v) is 38.7. The highest BCUT2D eigenvalue weighted by Crippen LogP contribution is 2.70. The average molecular weight is 946 g/mol. The number of hydrogen-bond acceptors (Lipinski definition) is 22. The number of methoxy groups -OCH3 is 1. The molecule has 1 aromatic rings. The van der Waals surface area contributed by atoms with Crippen LogP contribution in [0.25, 0.3) is 0 Å². The number of carbonyl (C=O) groups is 10. The lowest BCUT2D eigenvalue weighted by atomic mass is 9.45. The van der Waals surface area contributed by atoms with Gasteiger partial charge in [0.25, 0.3) is 0 Å². The maximum atomic E-state index is 14.6. The fraction of sp³-hybridized carbons (Fsp3) is 0.667. The maximum absolute atomic E-state index is 14.6. The molecule has 2 saturated heterocycles. The van der Waals surface area contributed by atoms with Crippen molar-refractivity contribution in [2.24, 2.45) is 29.1 Å². The van der Waals surface area contributed by atoms with Gasteiger partial charge < -0.3 is 52.5 Å². The molecule has 6 bridgehead atoms. The Bertz CT molecular complexity index is 2240. The molecule has 0 aromatic carbocycles. The zero-order valence-electron chi connectivity index (χ0n) is 38.7. The number of ether oxygens (including phenoxy) is 10. The van der Waals surface area contributed by atoms with Gasteiger partial charge in [0.2, 0.25) is 0 Å². The summed E-state index contributed by atoms with van der Waals surface area (Å²) in [5.74, 6) is -17.9. The summed E-state index contributed by atoms with van der Waals surface area (Å²) in [6, 6.07) is 2.84. The second kappa shape index (κ2) is 18.6. The predicted molar refractivity (Wildman–Crippen MR) is 217 cm³/mol. The first-order valence-corrected chi connectivity index (χ1v) is 21.7. The molecule has 2 saturated carbocycles. The summed E-state index contributed by atoms with van der Waals surface area (Å²) in [7, 11) is 1.01. The van der Waals surface area contributed by atoms with Crippen LogP contribution in [-0.4, -0.2) is 143 Å². The number of rotatable bonds is 6. The van der Waals surface area contributed by atoms with E-state index in [9.17, 15) is 53.1 Å². The van der Waals surface area contributed by atoms with Crippen LogP contribution in [-0.2, 0) is 90.5 Å². The van der Waals surface area contributed by atoms with Gasteiger partial charge in [-0.15, -0.1) is 0 Å². The van der Waals surface area contributed by atoms with Crippen LogP contribution in [0.1, 0.15) is 104 Å². The molecule has 2 aliphatic carbocycles. The minimum atomic E-state index is -2.98. The quantitative estimate of drug-likeness (QED) is 0.238. The third-order valence-corrected chi connectivity index (χ3v) is 13.8. The van der Waals surface area contributed by atoms with Crippen molar-refractivity contribution in [3.05, 3.63) is 29.6 Å². The molecule has 5 aliphatic rings. The number of pyridine rings is 1. The third kappa shape index (κ3) is 8.50. The van der Waals surface area contributed by atoms with Crippen molar-refractivity contribution in [3.63, 3.8) is 0 Å². The van der Waals surface area contributed by atoms with Crippen LogP contribution in [0.2, 0.25) is 0 Å². The lowest BCUT2D eigenvalue weighted by Crippen LogP contribution is -2.89. The minimum absolute atomic E-state index is 0.0891. The molecule has 1 aromatic heterocycles. The van der Waals surface area contributed by atoms with Crippen LogP contribution in [0.5, 0.6) is 0 Å². The van der Waals surface area contributed by atoms with Gasteiger partial charge in [0, 0.05) is 46.2 Å². The van der Waals surface area contributed by atoms with Crippen molar-refractivity contribution in [3.8, 4) is 0 Å². The summed E-state index contributed by atoms with van der Waals surface area (Å²) >= 11 is 0. The van der Waals surface area contributed by atoms with E-state index in [1.54, 1.807) is 6.92 Å². The van der Waals surface area contributed by atoms with E-state index in [0.717, 1.165) is 41.7 Å². The minimum Gasteiger partial charge on any atom is -0.469 e. The number of nitrogens with zero attached hydrogens (tertiary/aromatic N) is 1. The van der Waals surface area contributed by atoms with E-state index in [4.69, 9.17) is 47.4 Å². The van der Waals surface area contributed by atoms with Gasteiger partial charge in [-0.3, -0.25) is 48.1 Å². The molecule has 1 N–H and O–H groups in total. The SMILES string of the molecule is COC(=O)CC1C(=O)CCC(C)C(=O)O[C@@H]2[C@@H]3[C@@H](OC(C)=O)[C@@]45O[C@@]3(C)COC(=O)c3cccnc3C(C)C(C)C(=O)O[C@@H]([C@H](OC(C)=O)[C@H](OC(C)=O)[C@@]4(COC1=O)[C@@H]2OC(C)=O)[C@@]5(C)O. The van der Waals surface area contributed by atoms with Crippen LogP contribution < -0.4 is 0 Å². The Morgan fingerprint density at radius 3 is 2.00 bits per heavy atom. The van der Waals surface area contributed by atoms with Crippen LogP contribution in [0.4, 0.5) is 0 Å². The fourth-order valence-corrected chi connectivity index (χ4v) is 10.6. The number of esters is 9. The summed E-state index contributed by atoms with van der Waals surface area (Å²) in [5.41, 5.74) is -11.0. The topological polar surface area (TPSA) is 296 Å². The van der Waals surface area contributed by atoms with Gasteiger partial charge in [-0.25, -0.2) is 4.79 Å². The molecule has 4 heterocycles. The van der Waals surface area contributed by atoms with E-state index in [-0.39, 0.29) is 17.7 Å². The largest absolute Gasteiger partial charge is 0.469 e. The third-order valence-electron chi connectivity index (χ3n) is 13.8. The highest BCUT2D eigenvalue weighted by atomic mass is 16.7. The number of carbonyl (C=O) groups excluding carboxylic acids is 10. The lowest BCUT2D eigenvalue weighted by molar-refractivity contribution is -0.387. The van der Waals surface area contributed by atoms with Crippen molar-refractivity contribution < 1.29 is 100 Å². The molecule has 15 atom stereocenters. The Kier molecular flexibility index (Phi) is 14.0. The number of aliphatic hydroxyl groups is 1. The Morgan fingerprint density at radius 2 is 1.39 bits per heavy atom. The molecule has 2 spiro atoms. The fourth-order valence-electron chi connectivity index (χ4n) is 10.6. The molecule has 22 nitrogen and oxygen atoms in total. The second-order valence-corrected chi connectivity index (χ2v) is 18.2. The van der Waals surface area contributed by atoms with E-state index in [0.29, 0.717) is 0 Å². The molecule has 0 radical (unpaired) electrons. The van der Waals surface area contributed by atoms with E-state index >= 15 is 0 Å². The number of ketones is 1. The van der Waals surface area contributed by atoms with Gasteiger partial charge in [-0.2, -0.15) is 0 Å². The summed E-state index contributed by atoms with van der Waals surface area (Å²) in [5, 5.41) is 13.7. The van der Waals surface area contributed by atoms with Gasteiger partial charge >= 0.3 is 53.7 Å². The molecule has 366 valence electrons. The van der Waals surface area contributed by atoms with Crippen LogP contribution in [0.15, 0.2) is 18.3 Å². The van der Waals surface area contributed by atoms with Gasteiger partial charge in [-0.1, -0.05) is 20.8 Å². The van der Waals surface area contributed by atoms with Crippen molar-refractivity contribution in [2.45, 2.75) is 141 Å². The second-order valence-electron chi connectivity index (χ2n) is 18.2. The Hall–Kier alpha value is -6.03. The van der Waals surface area contributed by atoms with Gasteiger partial charge in [0.05, 0.1) is 42.5 Å². The Morgan fingerprint density at radius 1 is 0.776 bits per heavy atom. The van der Waals surface area contributed by atoms with Gasteiger partial charge in [-0.05, 0) is 32.4 Å². The molecule has 4 unspecified atom stereocenters. The molecule has 4 fully saturated rings. The summed E-state index contributed by atoms with van der Waals surface area (Å²) in [4.78, 5) is 143. The molecule has 22 heteroatoms. The summed E-state index contributed by atoms with van der Waals surface area (Å²) in [6.07, 6.45) is -13.2. The van der Waals surface area contributed by atoms with Crippen LogP contribution in [0.3, 0.4) is 0 Å². The molecular formula is C45H55NO21. The maximum Gasteiger partial charge on any atom is 0.340 e. The highest BCUT2D eigenvalue weighted by Gasteiger charge is 2.92. The lowest BCUT2D eigenvalue weighted by Gasteiger charge is -2.67. The number of cyclic esters (lactones) is 2. The van der Waals surface area contributed by atoms with Crippen molar-refractivity contribution in [1.82, 2.24) is 4.98 Å².